The van der Waals surface area contributed by atoms with Crippen LogP contribution in [0.5, 0.6) is 5.75 Å². The zero-order valence-electron chi connectivity index (χ0n) is 14.2. The highest BCUT2D eigenvalue weighted by Crippen LogP contribution is 2.27. The lowest BCUT2D eigenvalue weighted by Gasteiger charge is -2.26. The molecule has 24 heavy (non-hydrogen) atoms. The van der Waals surface area contributed by atoms with E-state index in [0.29, 0.717) is 6.54 Å². The lowest BCUT2D eigenvalue weighted by atomic mass is 10.0. The first kappa shape index (κ1) is 16.8. The molecule has 3 rings (SSSR count). The predicted molar refractivity (Wildman–Crippen MR) is 88.9 cm³/mol. The molecular formula is C18H24N2O4. The third kappa shape index (κ3) is 3.11. The largest absolute Gasteiger partial charge is 0.490 e. The van der Waals surface area contributed by atoms with E-state index in [1.165, 1.54) is 4.90 Å². The molecule has 0 radical (unpaired) electrons. The fraction of sp³-hybridized carbons (Fsp3) is 0.556. The molecular weight excluding hydrogens is 308 g/mol. The van der Waals surface area contributed by atoms with Crippen molar-refractivity contribution in [1.29, 1.82) is 0 Å². The topological polar surface area (TPSA) is 70.1 Å². The van der Waals surface area contributed by atoms with Crippen molar-refractivity contribution >= 4 is 11.9 Å². The number of carbonyl (C=O) groups is 2. The average Bonchev–Trinajstić information content (AvgIpc) is 2.80. The number of aliphatic hydroxyl groups excluding tert-OH is 1. The average molecular weight is 332 g/mol. The van der Waals surface area contributed by atoms with E-state index in [2.05, 4.69) is 0 Å². The van der Waals surface area contributed by atoms with Crippen LogP contribution in [0, 0.1) is 13.8 Å². The normalized spacial score (nSPS) is 21.9. The number of hydrogen-bond donors (Lipinski definition) is 1. The summed E-state index contributed by atoms with van der Waals surface area (Å²) in [7, 11) is 0. The molecule has 0 spiro atoms. The van der Waals surface area contributed by atoms with Gasteiger partial charge >= 0.3 is 6.03 Å². The number of amides is 3. The number of urea groups is 1. The van der Waals surface area contributed by atoms with Crippen molar-refractivity contribution in [3.8, 4) is 5.75 Å². The number of aliphatic hydroxyl groups is 1. The molecule has 2 aliphatic rings. The van der Waals surface area contributed by atoms with Crippen LogP contribution in [0.15, 0.2) is 18.2 Å². The Hall–Kier alpha value is -2.08. The summed E-state index contributed by atoms with van der Waals surface area (Å²) in [5.41, 5.74) is 1.99. The molecule has 0 aliphatic carbocycles. The molecule has 0 saturated carbocycles. The minimum Gasteiger partial charge on any atom is -0.490 e. The van der Waals surface area contributed by atoms with E-state index in [0.717, 1.165) is 36.1 Å². The maximum atomic E-state index is 12.4. The van der Waals surface area contributed by atoms with Crippen LogP contribution in [0.3, 0.4) is 0 Å². The summed E-state index contributed by atoms with van der Waals surface area (Å²) in [6.45, 7) is 4.55. The summed E-state index contributed by atoms with van der Waals surface area (Å²) in [6, 6.07) is 5.22. The van der Waals surface area contributed by atoms with Gasteiger partial charge in [-0.15, -0.1) is 0 Å². The molecule has 6 heteroatoms. The van der Waals surface area contributed by atoms with Gasteiger partial charge in [0.2, 0.25) is 0 Å². The standard InChI is InChI=1S/C18H24N2O4/c1-12-6-5-7-13(2)16(12)24-11-14(21)10-20-17(22)15-8-3-4-9-19(15)18(20)23/h5-7,14-15,21H,3-4,8-11H2,1-2H3/t14-,15-/m1/s1. The number of para-hydroxylation sites is 1. The number of benzene rings is 1. The first-order valence-corrected chi connectivity index (χ1v) is 8.48. The number of ether oxygens (including phenoxy) is 1. The Morgan fingerprint density at radius 2 is 1.96 bits per heavy atom. The highest BCUT2D eigenvalue weighted by atomic mass is 16.5. The van der Waals surface area contributed by atoms with Crippen LogP contribution in [-0.2, 0) is 4.79 Å². The minimum absolute atomic E-state index is 0.0183. The van der Waals surface area contributed by atoms with Crippen LogP contribution in [0.25, 0.3) is 0 Å². The zero-order valence-corrected chi connectivity index (χ0v) is 14.2. The second kappa shape index (κ2) is 6.81. The van der Waals surface area contributed by atoms with Gasteiger partial charge in [0.05, 0.1) is 6.54 Å². The molecule has 2 aliphatic heterocycles. The number of piperidine rings is 1. The van der Waals surface area contributed by atoms with Crippen molar-refractivity contribution in [2.45, 2.75) is 45.3 Å². The first-order valence-electron chi connectivity index (χ1n) is 8.48. The van der Waals surface area contributed by atoms with Crippen LogP contribution >= 0.6 is 0 Å². The third-order valence-corrected chi connectivity index (χ3v) is 4.75. The third-order valence-electron chi connectivity index (χ3n) is 4.75. The Balaban J connectivity index is 1.60. The first-order chi connectivity index (χ1) is 11.5. The maximum absolute atomic E-state index is 12.4. The van der Waals surface area contributed by atoms with E-state index < -0.39 is 6.10 Å². The number of hydrogen-bond acceptors (Lipinski definition) is 4. The molecule has 2 heterocycles. The molecule has 1 N–H and O–H groups in total. The molecule has 6 nitrogen and oxygen atoms in total. The zero-order chi connectivity index (χ0) is 17.3. The molecule has 2 atom stereocenters. The Morgan fingerprint density at radius 1 is 1.25 bits per heavy atom. The number of β-amino-alcohol motifs (C(OH)–C–C–N with tert-alkyl or cyclic N) is 1. The number of rotatable bonds is 5. The Morgan fingerprint density at radius 3 is 2.62 bits per heavy atom. The van der Waals surface area contributed by atoms with Gasteiger partial charge in [0, 0.05) is 6.54 Å². The fourth-order valence-corrected chi connectivity index (χ4v) is 3.48. The van der Waals surface area contributed by atoms with Crippen molar-refractivity contribution in [3.63, 3.8) is 0 Å². The van der Waals surface area contributed by atoms with E-state index in [4.69, 9.17) is 4.74 Å². The highest BCUT2D eigenvalue weighted by Gasteiger charge is 2.46. The Bertz CT molecular complexity index is 602. The Labute approximate surface area is 142 Å². The summed E-state index contributed by atoms with van der Waals surface area (Å²) < 4.78 is 5.72. The molecule has 130 valence electrons. The minimum atomic E-state index is -0.904. The predicted octanol–water partition coefficient (Wildman–Crippen LogP) is 1.86. The molecule has 0 aromatic heterocycles. The van der Waals surface area contributed by atoms with Gasteiger partial charge in [-0.1, -0.05) is 18.2 Å². The van der Waals surface area contributed by atoms with Crippen LogP contribution in [-0.4, -0.2) is 58.7 Å². The molecule has 2 saturated heterocycles. The van der Waals surface area contributed by atoms with Crippen molar-refractivity contribution in [1.82, 2.24) is 9.80 Å². The van der Waals surface area contributed by atoms with Gasteiger partial charge in [0.15, 0.2) is 0 Å². The van der Waals surface area contributed by atoms with E-state index in [9.17, 15) is 14.7 Å². The van der Waals surface area contributed by atoms with Gasteiger partial charge in [-0.05, 0) is 44.2 Å². The van der Waals surface area contributed by atoms with Crippen LogP contribution in [0.4, 0.5) is 4.79 Å². The summed E-state index contributed by atoms with van der Waals surface area (Å²) in [6.07, 6.45) is 1.71. The highest BCUT2D eigenvalue weighted by molar-refractivity contribution is 6.04. The smallest absolute Gasteiger partial charge is 0.327 e. The van der Waals surface area contributed by atoms with Crippen LogP contribution in [0.1, 0.15) is 30.4 Å². The number of fused-ring (bicyclic) bond motifs is 1. The number of imide groups is 1. The van der Waals surface area contributed by atoms with Gasteiger partial charge in [0.25, 0.3) is 5.91 Å². The van der Waals surface area contributed by atoms with Gasteiger partial charge in [-0.2, -0.15) is 0 Å². The number of nitrogens with zero attached hydrogens (tertiary/aromatic N) is 2. The summed E-state index contributed by atoms with van der Waals surface area (Å²) in [5.74, 6) is 0.555. The second-order valence-corrected chi connectivity index (χ2v) is 6.62. The van der Waals surface area contributed by atoms with Crippen LogP contribution in [0.2, 0.25) is 0 Å². The molecule has 1 aromatic carbocycles. The van der Waals surface area contributed by atoms with Crippen molar-refractivity contribution in [3.05, 3.63) is 29.3 Å². The van der Waals surface area contributed by atoms with Gasteiger partial charge in [-0.3, -0.25) is 9.69 Å². The SMILES string of the molecule is Cc1cccc(C)c1OC[C@H](O)CN1C(=O)[C@H]2CCCCN2C1=O. The van der Waals surface area contributed by atoms with E-state index >= 15 is 0 Å². The lowest BCUT2D eigenvalue weighted by molar-refractivity contribution is -0.129. The van der Waals surface area contributed by atoms with Crippen molar-refractivity contribution < 1.29 is 19.4 Å². The van der Waals surface area contributed by atoms with E-state index in [1.54, 1.807) is 4.90 Å². The summed E-state index contributed by atoms with van der Waals surface area (Å²) in [5, 5.41) is 10.2. The van der Waals surface area contributed by atoms with Crippen molar-refractivity contribution in [2.24, 2.45) is 0 Å². The van der Waals surface area contributed by atoms with E-state index in [1.807, 2.05) is 32.0 Å². The second-order valence-electron chi connectivity index (χ2n) is 6.62. The molecule has 0 bridgehead atoms. The maximum Gasteiger partial charge on any atom is 0.327 e. The number of carbonyl (C=O) groups excluding carboxylic acids is 2. The Kier molecular flexibility index (Phi) is 4.76. The number of aryl methyl sites for hydroxylation is 2. The van der Waals surface area contributed by atoms with Gasteiger partial charge in [0.1, 0.15) is 24.5 Å². The molecule has 1 aromatic rings. The quantitative estimate of drug-likeness (QED) is 0.836. The van der Waals surface area contributed by atoms with Gasteiger partial charge < -0.3 is 14.7 Å². The van der Waals surface area contributed by atoms with E-state index in [-0.39, 0.29) is 31.1 Å². The van der Waals surface area contributed by atoms with Gasteiger partial charge in [-0.25, -0.2) is 4.79 Å². The summed E-state index contributed by atoms with van der Waals surface area (Å²) in [4.78, 5) is 27.5. The molecule has 2 fully saturated rings. The van der Waals surface area contributed by atoms with Crippen molar-refractivity contribution in [2.75, 3.05) is 19.7 Å². The fourth-order valence-electron chi connectivity index (χ4n) is 3.48. The summed E-state index contributed by atoms with van der Waals surface area (Å²) >= 11 is 0. The molecule has 3 amide bonds. The van der Waals surface area contributed by atoms with Crippen LogP contribution < -0.4 is 4.74 Å². The lowest BCUT2D eigenvalue weighted by Crippen LogP contribution is -2.40. The molecule has 0 unspecified atom stereocenters. The monoisotopic (exact) mass is 332 g/mol.